The lowest BCUT2D eigenvalue weighted by atomic mass is 9.90. The van der Waals surface area contributed by atoms with Crippen molar-refractivity contribution in [2.24, 2.45) is 11.5 Å². The largest absolute Gasteiger partial charge is 0.460 e. The van der Waals surface area contributed by atoms with Crippen molar-refractivity contribution in [2.75, 3.05) is 0 Å². The highest BCUT2D eigenvalue weighted by Crippen LogP contribution is 2.22. The minimum Gasteiger partial charge on any atom is -0.460 e. The van der Waals surface area contributed by atoms with Crippen molar-refractivity contribution >= 4 is 5.97 Å². The third-order valence-electron chi connectivity index (χ3n) is 2.08. The van der Waals surface area contributed by atoms with Gasteiger partial charge in [0.2, 0.25) is 0 Å². The number of rotatable bonds is 6. The Morgan fingerprint density at radius 2 is 1.81 bits per heavy atom. The Morgan fingerprint density at radius 1 is 1.31 bits per heavy atom. The SMILES string of the molecule is CC(N)CCC(=O)OC(C)(C)CC(C)(C)N. The lowest BCUT2D eigenvalue weighted by Crippen LogP contribution is -2.42. The molecule has 0 amide bonds. The van der Waals surface area contributed by atoms with Crippen LogP contribution in [-0.4, -0.2) is 23.2 Å². The average Bonchev–Trinajstić information content (AvgIpc) is 1.94. The fourth-order valence-electron chi connectivity index (χ4n) is 1.84. The first kappa shape index (κ1) is 15.4. The molecular formula is C12H26N2O2. The molecule has 4 nitrogen and oxygen atoms in total. The van der Waals surface area contributed by atoms with Gasteiger partial charge in [0.1, 0.15) is 5.60 Å². The van der Waals surface area contributed by atoms with Crippen LogP contribution < -0.4 is 11.5 Å². The zero-order valence-electron chi connectivity index (χ0n) is 11.2. The number of hydrogen-bond acceptors (Lipinski definition) is 4. The first-order valence-corrected chi connectivity index (χ1v) is 5.78. The molecule has 4 heteroatoms. The quantitative estimate of drug-likeness (QED) is 0.679. The smallest absolute Gasteiger partial charge is 0.306 e. The van der Waals surface area contributed by atoms with E-state index in [1.165, 1.54) is 0 Å². The van der Waals surface area contributed by atoms with Crippen molar-refractivity contribution < 1.29 is 9.53 Å². The fraction of sp³-hybridized carbons (Fsp3) is 0.917. The molecule has 0 saturated heterocycles. The second-order valence-electron chi connectivity index (χ2n) is 5.92. The van der Waals surface area contributed by atoms with Gasteiger partial charge < -0.3 is 16.2 Å². The third kappa shape index (κ3) is 8.68. The van der Waals surface area contributed by atoms with Gasteiger partial charge in [0.25, 0.3) is 0 Å². The molecule has 0 aromatic heterocycles. The van der Waals surface area contributed by atoms with E-state index in [0.29, 0.717) is 19.3 Å². The summed E-state index contributed by atoms with van der Waals surface area (Å²) in [6.07, 6.45) is 1.65. The summed E-state index contributed by atoms with van der Waals surface area (Å²) in [5.41, 5.74) is 10.6. The highest BCUT2D eigenvalue weighted by Gasteiger charge is 2.29. The highest BCUT2D eigenvalue weighted by atomic mass is 16.6. The molecular weight excluding hydrogens is 204 g/mol. The molecule has 0 aliphatic rings. The number of carbonyl (C=O) groups is 1. The molecule has 0 aliphatic carbocycles. The summed E-state index contributed by atoms with van der Waals surface area (Å²) >= 11 is 0. The molecule has 96 valence electrons. The molecule has 0 bridgehead atoms. The van der Waals surface area contributed by atoms with Crippen LogP contribution in [0.2, 0.25) is 0 Å². The van der Waals surface area contributed by atoms with Gasteiger partial charge in [-0.15, -0.1) is 0 Å². The number of ether oxygens (including phenoxy) is 1. The van der Waals surface area contributed by atoms with Gasteiger partial charge in [-0.3, -0.25) is 4.79 Å². The summed E-state index contributed by atoms with van der Waals surface area (Å²) in [7, 11) is 0. The van der Waals surface area contributed by atoms with Gasteiger partial charge in [-0.1, -0.05) is 0 Å². The van der Waals surface area contributed by atoms with Crippen LogP contribution in [0.25, 0.3) is 0 Å². The Hall–Kier alpha value is -0.610. The van der Waals surface area contributed by atoms with Crippen LogP contribution in [0.3, 0.4) is 0 Å². The molecule has 0 aliphatic heterocycles. The van der Waals surface area contributed by atoms with Crippen LogP contribution in [0.1, 0.15) is 53.9 Å². The molecule has 0 aromatic carbocycles. The maximum absolute atomic E-state index is 11.5. The van der Waals surface area contributed by atoms with Crippen LogP contribution >= 0.6 is 0 Å². The van der Waals surface area contributed by atoms with E-state index >= 15 is 0 Å². The zero-order chi connectivity index (χ0) is 13.0. The molecule has 0 spiro atoms. The van der Waals surface area contributed by atoms with E-state index < -0.39 is 5.60 Å². The number of nitrogens with two attached hydrogens (primary N) is 2. The maximum atomic E-state index is 11.5. The average molecular weight is 230 g/mol. The van der Waals surface area contributed by atoms with E-state index in [0.717, 1.165) is 0 Å². The number of hydrogen-bond donors (Lipinski definition) is 2. The molecule has 1 atom stereocenters. The summed E-state index contributed by atoms with van der Waals surface area (Å²) in [6, 6.07) is 0.0293. The van der Waals surface area contributed by atoms with Crippen LogP contribution in [0.5, 0.6) is 0 Å². The van der Waals surface area contributed by atoms with E-state index in [2.05, 4.69) is 0 Å². The highest BCUT2D eigenvalue weighted by molar-refractivity contribution is 5.69. The molecule has 0 rings (SSSR count). The van der Waals surface area contributed by atoms with E-state index in [-0.39, 0.29) is 17.6 Å². The predicted molar refractivity (Wildman–Crippen MR) is 65.9 cm³/mol. The second-order valence-corrected chi connectivity index (χ2v) is 5.92. The summed E-state index contributed by atoms with van der Waals surface area (Å²) < 4.78 is 5.39. The molecule has 0 aromatic rings. The van der Waals surface area contributed by atoms with Crippen molar-refractivity contribution in [3.8, 4) is 0 Å². The second kappa shape index (κ2) is 5.64. The summed E-state index contributed by atoms with van der Waals surface area (Å²) in [6.45, 7) is 9.48. The molecule has 0 fully saturated rings. The van der Waals surface area contributed by atoms with E-state index in [1.807, 2.05) is 34.6 Å². The van der Waals surface area contributed by atoms with Gasteiger partial charge >= 0.3 is 5.97 Å². The van der Waals surface area contributed by atoms with Crippen LogP contribution in [-0.2, 0) is 9.53 Å². The van der Waals surface area contributed by atoms with Gasteiger partial charge in [0.05, 0.1) is 0 Å². The van der Waals surface area contributed by atoms with Crippen molar-refractivity contribution in [3.05, 3.63) is 0 Å². The van der Waals surface area contributed by atoms with Crippen molar-refractivity contribution in [1.82, 2.24) is 0 Å². The van der Waals surface area contributed by atoms with Crippen molar-refractivity contribution in [1.29, 1.82) is 0 Å². The Labute approximate surface area is 98.7 Å². The Kier molecular flexibility index (Phi) is 5.42. The van der Waals surface area contributed by atoms with Crippen LogP contribution in [0.15, 0.2) is 0 Å². The van der Waals surface area contributed by atoms with Crippen LogP contribution in [0.4, 0.5) is 0 Å². The number of carbonyl (C=O) groups excluding carboxylic acids is 1. The molecule has 16 heavy (non-hydrogen) atoms. The van der Waals surface area contributed by atoms with E-state index in [9.17, 15) is 4.79 Å². The summed E-state index contributed by atoms with van der Waals surface area (Å²) in [4.78, 5) is 11.5. The molecule has 1 unspecified atom stereocenters. The van der Waals surface area contributed by atoms with Crippen molar-refractivity contribution in [3.63, 3.8) is 0 Å². The lowest BCUT2D eigenvalue weighted by Gasteiger charge is -2.32. The van der Waals surface area contributed by atoms with Crippen molar-refractivity contribution in [2.45, 2.75) is 71.1 Å². The normalized spacial score (nSPS) is 14.7. The van der Waals surface area contributed by atoms with Gasteiger partial charge in [0.15, 0.2) is 0 Å². The maximum Gasteiger partial charge on any atom is 0.306 e. The Bertz CT molecular complexity index is 230. The lowest BCUT2D eigenvalue weighted by molar-refractivity contribution is -0.158. The number of esters is 1. The molecule has 4 N–H and O–H groups in total. The molecule has 0 heterocycles. The topological polar surface area (TPSA) is 78.3 Å². The monoisotopic (exact) mass is 230 g/mol. The minimum atomic E-state index is -0.521. The van der Waals surface area contributed by atoms with Gasteiger partial charge in [-0.2, -0.15) is 0 Å². The zero-order valence-corrected chi connectivity index (χ0v) is 11.2. The summed E-state index contributed by atoms with van der Waals surface area (Å²) in [5, 5.41) is 0. The standard InChI is InChI=1S/C12H26N2O2/c1-9(13)6-7-10(15)16-12(4,5)8-11(2,3)14/h9H,6-8,13-14H2,1-5H3. The van der Waals surface area contributed by atoms with Gasteiger partial charge in [-0.25, -0.2) is 0 Å². The molecule has 0 radical (unpaired) electrons. The first-order chi connectivity index (χ1) is 7.02. The minimum absolute atomic E-state index is 0.0293. The fourth-order valence-corrected chi connectivity index (χ4v) is 1.84. The van der Waals surface area contributed by atoms with Gasteiger partial charge in [-0.05, 0) is 41.0 Å². The molecule has 0 saturated carbocycles. The van der Waals surface area contributed by atoms with E-state index in [1.54, 1.807) is 0 Å². The van der Waals surface area contributed by atoms with Crippen LogP contribution in [0, 0.1) is 0 Å². The van der Waals surface area contributed by atoms with E-state index in [4.69, 9.17) is 16.2 Å². The Balaban J connectivity index is 4.10. The summed E-state index contributed by atoms with van der Waals surface area (Å²) in [5.74, 6) is -0.202. The Morgan fingerprint density at radius 3 is 2.19 bits per heavy atom. The van der Waals surface area contributed by atoms with Gasteiger partial charge in [0, 0.05) is 24.4 Å². The third-order valence-corrected chi connectivity index (χ3v) is 2.08. The first-order valence-electron chi connectivity index (χ1n) is 5.78. The predicted octanol–water partition coefficient (Wildman–Crippen LogP) is 1.56.